The van der Waals surface area contributed by atoms with Gasteiger partial charge in [0, 0.05) is 0 Å². The van der Waals surface area contributed by atoms with Crippen molar-refractivity contribution in [1.29, 1.82) is 0 Å². The summed E-state index contributed by atoms with van der Waals surface area (Å²) in [5.41, 5.74) is 0.226. The number of aromatic carboxylic acids is 1. The lowest BCUT2D eigenvalue weighted by Crippen LogP contribution is -1.99. The number of carboxylic acid groups (broad SMARTS) is 1. The smallest absolute Gasteiger partial charge is 0.336 e. The summed E-state index contributed by atoms with van der Waals surface area (Å²) in [7, 11) is 0. The van der Waals surface area contributed by atoms with Crippen LogP contribution in [0.2, 0.25) is 0 Å². The SMILES string of the molecule is [CH2]c1ccc(F)cc1C(=O)O. The first-order valence-corrected chi connectivity index (χ1v) is 2.96. The Labute approximate surface area is 63.3 Å². The van der Waals surface area contributed by atoms with E-state index in [2.05, 4.69) is 6.92 Å². The Morgan fingerprint density at radius 3 is 2.64 bits per heavy atom. The quantitative estimate of drug-likeness (QED) is 0.666. The summed E-state index contributed by atoms with van der Waals surface area (Å²) in [6.07, 6.45) is 0. The Balaban J connectivity index is 3.23. The number of hydrogen-bond acceptors (Lipinski definition) is 1. The summed E-state index contributed by atoms with van der Waals surface area (Å²) >= 11 is 0. The van der Waals surface area contributed by atoms with Crippen molar-refractivity contribution in [2.24, 2.45) is 0 Å². The number of benzene rings is 1. The molecule has 0 atom stereocenters. The highest BCUT2D eigenvalue weighted by Crippen LogP contribution is 2.09. The molecule has 1 aromatic rings. The first-order valence-electron chi connectivity index (χ1n) is 2.96. The molecule has 0 amide bonds. The third-order valence-electron chi connectivity index (χ3n) is 1.30. The van der Waals surface area contributed by atoms with Crippen molar-refractivity contribution >= 4 is 5.97 Å². The molecule has 3 heteroatoms. The molecule has 0 aliphatic carbocycles. The summed E-state index contributed by atoms with van der Waals surface area (Å²) < 4.78 is 12.4. The molecule has 0 saturated carbocycles. The number of rotatable bonds is 1. The van der Waals surface area contributed by atoms with E-state index in [4.69, 9.17) is 5.11 Å². The average molecular weight is 153 g/mol. The third-order valence-corrected chi connectivity index (χ3v) is 1.30. The highest BCUT2D eigenvalue weighted by atomic mass is 19.1. The van der Waals surface area contributed by atoms with Crippen molar-refractivity contribution in [3.63, 3.8) is 0 Å². The lowest BCUT2D eigenvalue weighted by atomic mass is 10.1. The molecule has 1 rings (SSSR count). The largest absolute Gasteiger partial charge is 0.478 e. The van der Waals surface area contributed by atoms with Crippen molar-refractivity contribution in [3.05, 3.63) is 42.1 Å². The van der Waals surface area contributed by atoms with Crippen LogP contribution in [0.5, 0.6) is 0 Å². The van der Waals surface area contributed by atoms with Gasteiger partial charge in [0.05, 0.1) is 5.56 Å². The molecule has 0 saturated heterocycles. The average Bonchev–Trinajstić information content (AvgIpc) is 1.94. The molecule has 2 nitrogen and oxygen atoms in total. The van der Waals surface area contributed by atoms with Gasteiger partial charge in [0.15, 0.2) is 0 Å². The van der Waals surface area contributed by atoms with Crippen molar-refractivity contribution in [2.45, 2.75) is 0 Å². The van der Waals surface area contributed by atoms with E-state index < -0.39 is 11.8 Å². The van der Waals surface area contributed by atoms with Crippen LogP contribution in [0.25, 0.3) is 0 Å². The van der Waals surface area contributed by atoms with E-state index in [0.717, 1.165) is 6.07 Å². The maximum absolute atomic E-state index is 12.4. The van der Waals surface area contributed by atoms with Gasteiger partial charge < -0.3 is 5.11 Å². The van der Waals surface area contributed by atoms with Gasteiger partial charge in [0.2, 0.25) is 0 Å². The molecule has 0 aromatic heterocycles. The molecule has 0 bridgehead atoms. The molecule has 0 aliphatic heterocycles. The van der Waals surface area contributed by atoms with Crippen LogP contribution in [-0.4, -0.2) is 11.1 Å². The van der Waals surface area contributed by atoms with Crippen molar-refractivity contribution in [3.8, 4) is 0 Å². The Kier molecular flexibility index (Phi) is 1.89. The van der Waals surface area contributed by atoms with Crippen molar-refractivity contribution in [1.82, 2.24) is 0 Å². The highest BCUT2D eigenvalue weighted by molar-refractivity contribution is 5.89. The van der Waals surface area contributed by atoms with Crippen LogP contribution in [0.3, 0.4) is 0 Å². The van der Waals surface area contributed by atoms with Crippen LogP contribution in [0, 0.1) is 12.7 Å². The Bertz CT molecular complexity index is 294. The molecular weight excluding hydrogens is 147 g/mol. The maximum atomic E-state index is 12.4. The van der Waals surface area contributed by atoms with Gasteiger partial charge in [0.25, 0.3) is 0 Å². The summed E-state index contributed by atoms with van der Waals surface area (Å²) in [5.74, 6) is -1.72. The molecule has 1 N–H and O–H groups in total. The van der Waals surface area contributed by atoms with Gasteiger partial charge in [-0.2, -0.15) is 0 Å². The molecule has 57 valence electrons. The Morgan fingerprint density at radius 2 is 2.18 bits per heavy atom. The van der Waals surface area contributed by atoms with Crippen LogP contribution in [0.15, 0.2) is 18.2 Å². The minimum absolute atomic E-state index is 0.0926. The minimum atomic E-state index is -1.16. The minimum Gasteiger partial charge on any atom is -0.478 e. The van der Waals surface area contributed by atoms with Crippen LogP contribution >= 0.6 is 0 Å². The predicted molar refractivity (Wildman–Crippen MR) is 37.8 cm³/mol. The molecule has 0 heterocycles. The van der Waals surface area contributed by atoms with E-state index in [9.17, 15) is 9.18 Å². The van der Waals surface area contributed by atoms with Gasteiger partial charge in [-0.15, -0.1) is 0 Å². The zero-order chi connectivity index (χ0) is 8.43. The molecule has 0 fully saturated rings. The lowest BCUT2D eigenvalue weighted by molar-refractivity contribution is 0.0696. The lowest BCUT2D eigenvalue weighted by Gasteiger charge is -1.98. The fourth-order valence-electron chi connectivity index (χ4n) is 0.748. The van der Waals surface area contributed by atoms with Gasteiger partial charge in [-0.25, -0.2) is 9.18 Å². The predicted octanol–water partition coefficient (Wildman–Crippen LogP) is 1.71. The van der Waals surface area contributed by atoms with Crippen LogP contribution in [0.4, 0.5) is 4.39 Å². The van der Waals surface area contributed by atoms with Crippen LogP contribution in [-0.2, 0) is 0 Å². The molecule has 0 unspecified atom stereocenters. The van der Waals surface area contributed by atoms with Crippen LogP contribution in [0.1, 0.15) is 15.9 Å². The zero-order valence-corrected chi connectivity index (χ0v) is 5.67. The van der Waals surface area contributed by atoms with Gasteiger partial charge in [-0.05, 0) is 24.6 Å². The number of hydrogen-bond donors (Lipinski definition) is 1. The first kappa shape index (κ1) is 7.72. The van der Waals surface area contributed by atoms with Crippen LogP contribution < -0.4 is 0 Å². The topological polar surface area (TPSA) is 37.3 Å². The molecule has 1 aromatic carbocycles. The standard InChI is InChI=1S/C8H6FO2/c1-5-2-3-6(9)4-7(5)8(10)11/h2-4H,1H2,(H,10,11). The summed E-state index contributed by atoms with van der Waals surface area (Å²) in [5, 5.41) is 8.48. The summed E-state index contributed by atoms with van der Waals surface area (Å²) in [6, 6.07) is 3.46. The molecule has 1 radical (unpaired) electrons. The Morgan fingerprint density at radius 1 is 1.55 bits per heavy atom. The van der Waals surface area contributed by atoms with Gasteiger partial charge >= 0.3 is 5.97 Å². The van der Waals surface area contributed by atoms with E-state index in [1.807, 2.05) is 0 Å². The highest BCUT2D eigenvalue weighted by Gasteiger charge is 2.06. The summed E-state index contributed by atoms with van der Waals surface area (Å²) in [6.45, 7) is 3.44. The maximum Gasteiger partial charge on any atom is 0.336 e. The first-order chi connectivity index (χ1) is 5.11. The van der Waals surface area contributed by atoms with Gasteiger partial charge in [-0.3, -0.25) is 0 Å². The normalized spacial score (nSPS) is 9.64. The number of halogens is 1. The van der Waals surface area contributed by atoms with Crippen molar-refractivity contribution < 1.29 is 14.3 Å². The van der Waals surface area contributed by atoms with E-state index in [0.29, 0.717) is 5.56 Å². The molecule has 0 spiro atoms. The zero-order valence-electron chi connectivity index (χ0n) is 5.67. The molecule has 0 aliphatic rings. The number of carbonyl (C=O) groups is 1. The van der Waals surface area contributed by atoms with Gasteiger partial charge in [-0.1, -0.05) is 6.07 Å². The van der Waals surface area contributed by atoms with E-state index in [1.54, 1.807) is 0 Å². The fraction of sp³-hybridized carbons (Fsp3) is 0. The van der Waals surface area contributed by atoms with Crippen molar-refractivity contribution in [2.75, 3.05) is 0 Å². The van der Waals surface area contributed by atoms with E-state index >= 15 is 0 Å². The molecule has 11 heavy (non-hydrogen) atoms. The molecular formula is C8H6FO2. The van der Waals surface area contributed by atoms with E-state index in [1.165, 1.54) is 12.1 Å². The second kappa shape index (κ2) is 2.70. The third kappa shape index (κ3) is 1.55. The monoisotopic (exact) mass is 153 g/mol. The fourth-order valence-corrected chi connectivity index (χ4v) is 0.748. The van der Waals surface area contributed by atoms with Gasteiger partial charge in [0.1, 0.15) is 5.82 Å². The Hall–Kier alpha value is -1.38. The number of carboxylic acids is 1. The van der Waals surface area contributed by atoms with E-state index in [-0.39, 0.29) is 5.56 Å². The second-order valence-corrected chi connectivity index (χ2v) is 2.11. The summed E-state index contributed by atoms with van der Waals surface area (Å²) in [4.78, 5) is 10.4. The second-order valence-electron chi connectivity index (χ2n) is 2.11.